The Labute approximate surface area is 160 Å². The molecule has 0 spiro atoms. The summed E-state index contributed by atoms with van der Waals surface area (Å²) in [6.07, 6.45) is -0.102. The van der Waals surface area contributed by atoms with Crippen LogP contribution < -0.4 is 0 Å². The van der Waals surface area contributed by atoms with E-state index in [2.05, 4.69) is 19.9 Å². The van der Waals surface area contributed by atoms with Gasteiger partial charge in [0.2, 0.25) is 0 Å². The Morgan fingerprint density at radius 3 is 2.48 bits per heavy atom. The largest absolute Gasteiger partial charge is 0.403 e. The third-order valence-electron chi connectivity index (χ3n) is 7.06. The second-order valence-electron chi connectivity index (χ2n) is 9.04. The first-order chi connectivity index (χ1) is 12.6. The molecule has 156 valence electrons. The number of aliphatic hydroxyl groups is 1. The molecule has 0 radical (unpaired) electrons. The number of aliphatic hydroxyl groups excluding tert-OH is 1. The number of ether oxygens (including phenoxy) is 1. The summed E-state index contributed by atoms with van der Waals surface area (Å²) in [5.74, 6) is 1.41. The first kappa shape index (κ1) is 21.1. The lowest BCUT2D eigenvalue weighted by atomic mass is 9.49. The lowest BCUT2D eigenvalue weighted by Gasteiger charge is -2.56. The van der Waals surface area contributed by atoms with Crippen LogP contribution in [0.5, 0.6) is 0 Å². The van der Waals surface area contributed by atoms with Gasteiger partial charge in [0.1, 0.15) is 6.04 Å². The highest BCUT2D eigenvalue weighted by Crippen LogP contribution is 2.59. The number of nitrogens with zero attached hydrogens (tertiary/aromatic N) is 2. The fourth-order valence-corrected chi connectivity index (χ4v) is 4.84. The average Bonchev–Trinajstić information content (AvgIpc) is 2.61. The molecule has 2 fully saturated rings. The van der Waals surface area contributed by atoms with Gasteiger partial charge in [-0.15, -0.1) is 0 Å². The quantitative estimate of drug-likeness (QED) is 0.678. The minimum absolute atomic E-state index is 0.271. The predicted molar refractivity (Wildman–Crippen MR) is 98.4 cm³/mol. The van der Waals surface area contributed by atoms with Crippen LogP contribution in [0.3, 0.4) is 0 Å². The number of allylic oxidation sites excluding steroid dienone is 1. The van der Waals surface area contributed by atoms with Crippen LogP contribution >= 0.6 is 0 Å². The fourth-order valence-electron chi connectivity index (χ4n) is 4.84. The van der Waals surface area contributed by atoms with Crippen LogP contribution in [-0.4, -0.2) is 79.2 Å². The molecule has 0 aromatic rings. The SMILES string of the molecule is CC(N1CCN(CC(O)COCC2=CCC3CC2C3(C)C)CC1)C(F)(F)F. The van der Waals surface area contributed by atoms with Gasteiger partial charge in [-0.1, -0.05) is 19.9 Å². The summed E-state index contributed by atoms with van der Waals surface area (Å²) in [5.41, 5.74) is 1.74. The van der Waals surface area contributed by atoms with Crippen molar-refractivity contribution in [1.29, 1.82) is 0 Å². The molecule has 4 unspecified atom stereocenters. The van der Waals surface area contributed by atoms with Gasteiger partial charge in [0.15, 0.2) is 0 Å². The lowest BCUT2D eigenvalue weighted by Crippen LogP contribution is -2.54. The first-order valence-corrected chi connectivity index (χ1v) is 10.1. The van der Waals surface area contributed by atoms with Crippen LogP contribution in [-0.2, 0) is 4.74 Å². The molecule has 0 aromatic heterocycles. The highest BCUT2D eigenvalue weighted by Gasteiger charge is 2.51. The standard InChI is InChI=1S/C20H33F3N2O2/c1-14(20(21,22)23)25-8-6-24(7-9-25)11-17(26)13-27-12-15-4-5-16-10-18(15)19(16,2)3/h4,14,16-18,26H,5-13H2,1-3H3. The zero-order chi connectivity index (χ0) is 19.8. The summed E-state index contributed by atoms with van der Waals surface area (Å²) < 4.78 is 44.2. The van der Waals surface area contributed by atoms with Gasteiger partial charge in [-0.2, -0.15) is 13.2 Å². The molecule has 2 bridgehead atoms. The molecule has 4 nitrogen and oxygen atoms in total. The summed E-state index contributed by atoms with van der Waals surface area (Å²) in [6.45, 7) is 8.99. The Morgan fingerprint density at radius 2 is 1.93 bits per heavy atom. The molecule has 1 heterocycles. The van der Waals surface area contributed by atoms with E-state index in [0.717, 1.165) is 12.3 Å². The van der Waals surface area contributed by atoms with Crippen LogP contribution in [0.25, 0.3) is 0 Å². The minimum Gasteiger partial charge on any atom is -0.389 e. The summed E-state index contributed by atoms with van der Waals surface area (Å²) in [6, 6.07) is -1.41. The Balaban J connectivity index is 1.34. The van der Waals surface area contributed by atoms with Crippen molar-refractivity contribution in [2.45, 2.75) is 51.9 Å². The summed E-state index contributed by atoms with van der Waals surface area (Å²) in [4.78, 5) is 3.48. The maximum absolute atomic E-state index is 12.8. The van der Waals surface area contributed by atoms with E-state index in [1.54, 1.807) is 0 Å². The predicted octanol–water partition coefficient (Wildman–Crippen LogP) is 2.92. The van der Waals surface area contributed by atoms with Crippen molar-refractivity contribution in [2.75, 3.05) is 45.9 Å². The number of piperazine rings is 1. The maximum Gasteiger partial charge on any atom is 0.403 e. The third kappa shape index (κ3) is 4.69. The molecule has 7 heteroatoms. The van der Waals surface area contributed by atoms with Crippen molar-refractivity contribution in [3.05, 3.63) is 11.6 Å². The van der Waals surface area contributed by atoms with Crippen LogP contribution in [0.1, 0.15) is 33.6 Å². The fraction of sp³-hybridized carbons (Fsp3) is 0.900. The maximum atomic E-state index is 12.8. The third-order valence-corrected chi connectivity index (χ3v) is 7.06. The van der Waals surface area contributed by atoms with Crippen molar-refractivity contribution in [1.82, 2.24) is 9.80 Å². The molecule has 4 rings (SSSR count). The van der Waals surface area contributed by atoms with Gasteiger partial charge in [0.05, 0.1) is 19.3 Å². The van der Waals surface area contributed by atoms with Crippen molar-refractivity contribution in [3.8, 4) is 0 Å². The molecule has 1 saturated heterocycles. The van der Waals surface area contributed by atoms with Crippen molar-refractivity contribution in [3.63, 3.8) is 0 Å². The van der Waals surface area contributed by atoms with Crippen molar-refractivity contribution in [2.24, 2.45) is 17.3 Å². The van der Waals surface area contributed by atoms with Crippen molar-refractivity contribution < 1.29 is 23.0 Å². The van der Waals surface area contributed by atoms with Crippen LogP contribution in [0.2, 0.25) is 0 Å². The molecule has 0 aromatic carbocycles. The van der Waals surface area contributed by atoms with E-state index >= 15 is 0 Å². The molecule has 1 aliphatic heterocycles. The number of alkyl halides is 3. The van der Waals surface area contributed by atoms with Crippen LogP contribution in [0.4, 0.5) is 13.2 Å². The number of fused-ring (bicyclic) bond motifs is 1. The minimum atomic E-state index is -4.18. The Morgan fingerprint density at radius 1 is 1.26 bits per heavy atom. The number of rotatable bonds is 7. The molecule has 0 amide bonds. The molecular formula is C20H33F3N2O2. The Hall–Kier alpha value is -0.630. The number of hydrogen-bond acceptors (Lipinski definition) is 4. The zero-order valence-corrected chi connectivity index (χ0v) is 16.6. The highest BCUT2D eigenvalue weighted by molar-refractivity contribution is 5.23. The van der Waals surface area contributed by atoms with Gasteiger partial charge in [-0.3, -0.25) is 9.80 Å². The summed E-state index contributed by atoms with van der Waals surface area (Å²) in [5, 5.41) is 10.2. The monoisotopic (exact) mass is 390 g/mol. The van der Waals surface area contributed by atoms with Gasteiger partial charge in [0, 0.05) is 32.7 Å². The van der Waals surface area contributed by atoms with E-state index in [0.29, 0.717) is 50.7 Å². The second-order valence-corrected chi connectivity index (χ2v) is 9.04. The molecule has 1 N–H and O–H groups in total. The Kier molecular flexibility index (Phi) is 6.26. The van der Waals surface area contributed by atoms with Crippen LogP contribution in [0.15, 0.2) is 11.6 Å². The van der Waals surface area contributed by atoms with E-state index in [4.69, 9.17) is 4.74 Å². The van der Waals surface area contributed by atoms with Crippen molar-refractivity contribution >= 4 is 0 Å². The Bertz CT molecular complexity index is 542. The second kappa shape index (κ2) is 8.01. The van der Waals surface area contributed by atoms with E-state index in [-0.39, 0.29) is 6.61 Å². The summed E-state index contributed by atoms with van der Waals surface area (Å²) >= 11 is 0. The smallest absolute Gasteiger partial charge is 0.389 e. The molecule has 27 heavy (non-hydrogen) atoms. The highest BCUT2D eigenvalue weighted by atomic mass is 19.4. The lowest BCUT2D eigenvalue weighted by molar-refractivity contribution is -0.182. The molecule has 4 aliphatic rings. The van der Waals surface area contributed by atoms with E-state index < -0.39 is 18.3 Å². The van der Waals surface area contributed by atoms with E-state index in [9.17, 15) is 18.3 Å². The average molecular weight is 390 g/mol. The van der Waals surface area contributed by atoms with Gasteiger partial charge >= 0.3 is 6.18 Å². The topological polar surface area (TPSA) is 35.9 Å². The van der Waals surface area contributed by atoms with Crippen LogP contribution in [0, 0.1) is 17.3 Å². The van der Waals surface area contributed by atoms with E-state index in [1.807, 2.05) is 4.90 Å². The number of halogens is 3. The number of β-amino-alcohol motifs (C(OH)–C–C–N with tert-alkyl or cyclic N) is 1. The molecule has 1 saturated carbocycles. The normalized spacial score (nSPS) is 31.1. The van der Waals surface area contributed by atoms with Gasteiger partial charge < -0.3 is 9.84 Å². The summed E-state index contributed by atoms with van der Waals surface area (Å²) in [7, 11) is 0. The molecule has 3 aliphatic carbocycles. The number of hydrogen-bond donors (Lipinski definition) is 1. The molecular weight excluding hydrogens is 357 g/mol. The van der Waals surface area contributed by atoms with Gasteiger partial charge in [-0.25, -0.2) is 0 Å². The van der Waals surface area contributed by atoms with Gasteiger partial charge in [0.25, 0.3) is 0 Å². The van der Waals surface area contributed by atoms with E-state index in [1.165, 1.54) is 23.8 Å². The van der Waals surface area contributed by atoms with Gasteiger partial charge in [-0.05, 0) is 42.6 Å². The first-order valence-electron chi connectivity index (χ1n) is 10.1. The molecule has 4 atom stereocenters. The zero-order valence-electron chi connectivity index (χ0n) is 16.6.